The fourth-order valence-corrected chi connectivity index (χ4v) is 7.66. The van der Waals surface area contributed by atoms with E-state index in [-0.39, 0.29) is 0 Å². The van der Waals surface area contributed by atoms with Crippen LogP contribution in [0, 0.1) is 0 Å². The minimum absolute atomic E-state index is 0.671. The number of carbonyl (C=O) groups excluding carboxylic acids is 1. The maximum atomic E-state index is 11.3. The van der Waals surface area contributed by atoms with Gasteiger partial charge in [-0.3, -0.25) is 4.79 Å². The molecule has 0 bridgehead atoms. The monoisotopic (exact) mass is 601 g/mol. The number of hydrogen-bond acceptors (Lipinski definition) is 1. The number of aldehydes is 1. The fraction of sp³-hybridized carbons (Fsp3) is 0. The number of benzene rings is 7. The smallest absolute Gasteiger partial charge is 0.150 e. The number of para-hydroxylation sites is 4. The third-order valence-corrected chi connectivity index (χ3v) is 9.70. The topological polar surface area (TPSA) is 31.9 Å². The van der Waals surface area contributed by atoms with Gasteiger partial charge in [-0.15, -0.1) is 0 Å². The van der Waals surface area contributed by atoms with Crippen molar-refractivity contribution in [2.75, 3.05) is 0 Å². The van der Waals surface area contributed by atoms with Crippen LogP contribution in [-0.4, -0.2) is 20.0 Å². The highest BCUT2D eigenvalue weighted by molar-refractivity contribution is 6.13. The Morgan fingerprint density at radius 1 is 0.319 bits per heavy atom. The van der Waals surface area contributed by atoms with Crippen LogP contribution in [-0.2, 0) is 0 Å². The van der Waals surface area contributed by atoms with Crippen molar-refractivity contribution >= 4 is 71.7 Å². The summed E-state index contributed by atoms with van der Waals surface area (Å²) < 4.78 is 7.07. The first-order chi connectivity index (χ1) is 23.3. The van der Waals surface area contributed by atoms with Gasteiger partial charge in [0.15, 0.2) is 0 Å². The first-order valence-electron chi connectivity index (χ1n) is 15.9. The summed E-state index contributed by atoms with van der Waals surface area (Å²) >= 11 is 0. The Balaban J connectivity index is 1.22. The number of hydrogen-bond donors (Lipinski definition) is 0. The predicted molar refractivity (Wildman–Crippen MR) is 195 cm³/mol. The second-order valence-electron chi connectivity index (χ2n) is 12.2. The van der Waals surface area contributed by atoms with E-state index in [1.54, 1.807) is 0 Å². The van der Waals surface area contributed by atoms with E-state index in [9.17, 15) is 4.79 Å². The molecular formula is C43H27N3O. The third kappa shape index (κ3) is 3.67. The van der Waals surface area contributed by atoms with E-state index in [4.69, 9.17) is 0 Å². The molecule has 10 aromatic rings. The van der Waals surface area contributed by atoms with Gasteiger partial charge in [0.2, 0.25) is 0 Å². The quantitative estimate of drug-likeness (QED) is 0.185. The van der Waals surface area contributed by atoms with E-state index >= 15 is 0 Å². The molecule has 220 valence electrons. The van der Waals surface area contributed by atoms with Gasteiger partial charge in [0.1, 0.15) is 6.29 Å². The largest absolute Gasteiger partial charge is 0.309 e. The van der Waals surface area contributed by atoms with E-state index in [0.29, 0.717) is 5.56 Å². The van der Waals surface area contributed by atoms with Crippen molar-refractivity contribution in [1.29, 1.82) is 0 Å². The minimum Gasteiger partial charge on any atom is -0.309 e. The van der Waals surface area contributed by atoms with E-state index < -0.39 is 0 Å². The van der Waals surface area contributed by atoms with Crippen LogP contribution in [0.5, 0.6) is 0 Å². The van der Waals surface area contributed by atoms with Crippen LogP contribution in [0.3, 0.4) is 0 Å². The van der Waals surface area contributed by atoms with E-state index in [2.05, 4.69) is 147 Å². The molecule has 0 spiro atoms. The van der Waals surface area contributed by atoms with Gasteiger partial charge in [0, 0.05) is 54.9 Å². The van der Waals surface area contributed by atoms with Gasteiger partial charge in [0.05, 0.1) is 33.1 Å². The van der Waals surface area contributed by atoms with Crippen LogP contribution < -0.4 is 0 Å². The van der Waals surface area contributed by atoms with Crippen molar-refractivity contribution in [2.24, 2.45) is 0 Å². The fourth-order valence-electron chi connectivity index (χ4n) is 7.66. The molecule has 0 unspecified atom stereocenters. The normalized spacial score (nSPS) is 11.9. The molecule has 3 heterocycles. The number of fused-ring (bicyclic) bond motifs is 9. The van der Waals surface area contributed by atoms with Crippen molar-refractivity contribution in [3.63, 3.8) is 0 Å². The summed E-state index contributed by atoms with van der Waals surface area (Å²) in [7, 11) is 0. The highest BCUT2D eigenvalue weighted by Gasteiger charge is 2.18. The van der Waals surface area contributed by atoms with Crippen LogP contribution >= 0.6 is 0 Å². The first-order valence-corrected chi connectivity index (χ1v) is 15.9. The Bertz CT molecular complexity index is 2810. The molecule has 4 heteroatoms. The Morgan fingerprint density at radius 3 is 1.04 bits per heavy atom. The molecule has 0 atom stereocenters. The van der Waals surface area contributed by atoms with Crippen molar-refractivity contribution in [2.45, 2.75) is 0 Å². The summed E-state index contributed by atoms with van der Waals surface area (Å²) in [4.78, 5) is 11.3. The minimum atomic E-state index is 0.671. The first kappa shape index (κ1) is 25.9. The summed E-state index contributed by atoms with van der Waals surface area (Å²) in [5.74, 6) is 0. The highest BCUT2D eigenvalue weighted by Crippen LogP contribution is 2.39. The van der Waals surface area contributed by atoms with Gasteiger partial charge < -0.3 is 13.7 Å². The SMILES string of the molecule is O=Cc1ccc(-n2c3ccccc3c3cc(-n4c5ccccc5c5cc(-n6c7ccccc7c7ccccc76)ccc54)ccc32)cc1. The van der Waals surface area contributed by atoms with Crippen LogP contribution in [0.1, 0.15) is 10.4 Å². The zero-order chi connectivity index (χ0) is 31.1. The summed E-state index contributed by atoms with van der Waals surface area (Å²) in [6.07, 6.45) is 0.888. The summed E-state index contributed by atoms with van der Waals surface area (Å²) in [5, 5.41) is 7.35. The van der Waals surface area contributed by atoms with E-state index in [0.717, 1.165) is 34.4 Å². The lowest BCUT2D eigenvalue weighted by molar-refractivity contribution is 0.112. The zero-order valence-corrected chi connectivity index (χ0v) is 25.3. The number of rotatable bonds is 4. The molecule has 3 aromatic heterocycles. The van der Waals surface area contributed by atoms with Crippen molar-refractivity contribution in [3.8, 4) is 17.1 Å². The molecule has 7 aromatic carbocycles. The van der Waals surface area contributed by atoms with Crippen molar-refractivity contribution in [1.82, 2.24) is 13.7 Å². The highest BCUT2D eigenvalue weighted by atomic mass is 16.1. The molecule has 47 heavy (non-hydrogen) atoms. The zero-order valence-electron chi connectivity index (χ0n) is 25.3. The predicted octanol–water partition coefficient (Wildman–Crippen LogP) is 10.8. The van der Waals surface area contributed by atoms with Gasteiger partial charge >= 0.3 is 0 Å². The molecule has 0 saturated heterocycles. The Kier molecular flexibility index (Phi) is 5.40. The van der Waals surface area contributed by atoms with Crippen molar-refractivity contribution in [3.05, 3.63) is 163 Å². The maximum Gasteiger partial charge on any atom is 0.150 e. The van der Waals surface area contributed by atoms with Crippen LogP contribution in [0.25, 0.3) is 82.5 Å². The van der Waals surface area contributed by atoms with Crippen LogP contribution in [0.2, 0.25) is 0 Å². The molecule has 0 fully saturated rings. The van der Waals surface area contributed by atoms with Gasteiger partial charge in [-0.1, -0.05) is 72.8 Å². The van der Waals surface area contributed by atoms with Gasteiger partial charge in [-0.2, -0.15) is 0 Å². The lowest BCUT2D eigenvalue weighted by atomic mass is 10.1. The van der Waals surface area contributed by atoms with E-state index in [1.807, 2.05) is 24.3 Å². The molecule has 0 aliphatic rings. The van der Waals surface area contributed by atoms with Crippen molar-refractivity contribution < 1.29 is 4.79 Å². The molecule has 10 rings (SSSR count). The Labute approximate surface area is 269 Å². The Morgan fingerprint density at radius 2 is 0.638 bits per heavy atom. The standard InChI is InChI=1S/C43H27N3O/c47-27-28-17-19-29(20-18-28)44-40-15-7-3-11-34(40)36-26-31(21-23-42(36)44)46-41-16-8-4-12-35(41)37-25-30(22-24-43(37)46)45-38-13-5-1-9-32(38)33-10-2-6-14-39(33)45/h1-27H. The average molecular weight is 602 g/mol. The number of carbonyl (C=O) groups is 1. The lowest BCUT2D eigenvalue weighted by Crippen LogP contribution is -1.97. The summed E-state index contributed by atoms with van der Waals surface area (Å²) in [5.41, 5.74) is 11.0. The van der Waals surface area contributed by atoms with Gasteiger partial charge in [-0.05, 0) is 84.9 Å². The van der Waals surface area contributed by atoms with Crippen LogP contribution in [0.15, 0.2) is 158 Å². The molecule has 0 amide bonds. The number of nitrogens with zero attached hydrogens (tertiary/aromatic N) is 3. The summed E-state index contributed by atoms with van der Waals surface area (Å²) in [6.45, 7) is 0. The maximum absolute atomic E-state index is 11.3. The van der Waals surface area contributed by atoms with Gasteiger partial charge in [0.25, 0.3) is 0 Å². The second kappa shape index (κ2) is 9.80. The lowest BCUT2D eigenvalue weighted by Gasteiger charge is -2.11. The van der Waals surface area contributed by atoms with Gasteiger partial charge in [-0.25, -0.2) is 0 Å². The Hall–Kier alpha value is -6.39. The molecule has 0 saturated carbocycles. The third-order valence-electron chi connectivity index (χ3n) is 9.70. The number of aromatic nitrogens is 3. The second-order valence-corrected chi connectivity index (χ2v) is 12.2. The molecule has 0 radical (unpaired) electrons. The molecule has 0 aliphatic heterocycles. The van der Waals surface area contributed by atoms with E-state index in [1.165, 1.54) is 54.4 Å². The average Bonchev–Trinajstić information content (AvgIpc) is 3.77. The molecule has 0 N–H and O–H groups in total. The summed E-state index contributed by atoms with van der Waals surface area (Å²) in [6, 6.07) is 56.0. The molecular weight excluding hydrogens is 574 g/mol. The van der Waals surface area contributed by atoms with Crippen LogP contribution in [0.4, 0.5) is 0 Å². The molecule has 0 aliphatic carbocycles. The molecule has 4 nitrogen and oxygen atoms in total.